The molecule has 2 aromatic rings. The zero-order chi connectivity index (χ0) is 13.9. The maximum atomic E-state index is 4.69. The Morgan fingerprint density at radius 1 is 1.45 bits per heavy atom. The highest BCUT2D eigenvalue weighted by Gasteiger charge is 2.21. The molecule has 0 unspecified atom stereocenters. The van der Waals surface area contributed by atoms with Gasteiger partial charge in [0.2, 0.25) is 0 Å². The summed E-state index contributed by atoms with van der Waals surface area (Å²) in [6.45, 7) is 3.10. The number of hydrogen-bond acceptors (Lipinski definition) is 4. The number of nitrogens with zero attached hydrogens (tertiary/aromatic N) is 1. The van der Waals surface area contributed by atoms with E-state index in [0.717, 1.165) is 22.8 Å². The number of aromatic nitrogens is 1. The lowest BCUT2D eigenvalue weighted by atomic mass is 10.4. The minimum absolute atomic E-state index is 0.760. The van der Waals surface area contributed by atoms with Crippen LogP contribution in [0.1, 0.15) is 28.4 Å². The van der Waals surface area contributed by atoms with Crippen molar-refractivity contribution in [3.8, 4) is 0 Å². The molecular weight excluding hydrogens is 352 g/mol. The fourth-order valence-corrected chi connectivity index (χ4v) is 4.46. The van der Waals surface area contributed by atoms with E-state index in [2.05, 4.69) is 52.4 Å². The molecule has 0 saturated heterocycles. The van der Waals surface area contributed by atoms with Gasteiger partial charge in [-0.3, -0.25) is 0 Å². The zero-order valence-corrected chi connectivity index (χ0v) is 14.6. The number of thioether (sulfide) groups is 1. The first-order valence-electron chi connectivity index (χ1n) is 6.77. The number of halogens is 1. The van der Waals surface area contributed by atoms with Gasteiger partial charge >= 0.3 is 0 Å². The Bertz CT molecular complexity index is 593. The van der Waals surface area contributed by atoms with Crippen molar-refractivity contribution in [1.29, 1.82) is 0 Å². The van der Waals surface area contributed by atoms with Crippen molar-refractivity contribution in [2.45, 2.75) is 43.0 Å². The Morgan fingerprint density at radius 3 is 3.05 bits per heavy atom. The topological polar surface area (TPSA) is 24.9 Å². The molecule has 0 atom stereocenters. The number of hydrogen-bond donors (Lipinski definition) is 1. The molecule has 1 aromatic carbocycles. The zero-order valence-electron chi connectivity index (χ0n) is 11.4. The van der Waals surface area contributed by atoms with E-state index >= 15 is 0 Å². The molecule has 0 spiro atoms. The van der Waals surface area contributed by atoms with Crippen LogP contribution >= 0.6 is 39.0 Å². The Kier molecular flexibility index (Phi) is 4.81. The summed E-state index contributed by atoms with van der Waals surface area (Å²) in [5, 5.41) is 4.79. The van der Waals surface area contributed by atoms with Crippen LogP contribution in [0.25, 0.3) is 0 Å². The minimum atomic E-state index is 0.760. The summed E-state index contributed by atoms with van der Waals surface area (Å²) in [5.41, 5.74) is 1.19. The molecule has 3 rings (SSSR count). The molecule has 0 bridgehead atoms. The van der Waals surface area contributed by atoms with Gasteiger partial charge in [0.25, 0.3) is 0 Å². The van der Waals surface area contributed by atoms with Crippen LogP contribution < -0.4 is 5.32 Å². The molecule has 1 aliphatic carbocycles. The van der Waals surface area contributed by atoms with Crippen LogP contribution in [0.4, 0.5) is 0 Å². The van der Waals surface area contributed by atoms with Gasteiger partial charge in [0.15, 0.2) is 0 Å². The lowest BCUT2D eigenvalue weighted by Crippen LogP contribution is -2.14. The van der Waals surface area contributed by atoms with Crippen molar-refractivity contribution in [2.75, 3.05) is 0 Å². The van der Waals surface area contributed by atoms with Gasteiger partial charge in [0, 0.05) is 26.8 Å². The van der Waals surface area contributed by atoms with Crippen LogP contribution in [-0.4, -0.2) is 11.0 Å². The fourth-order valence-electron chi connectivity index (χ4n) is 1.94. The van der Waals surface area contributed by atoms with E-state index in [1.54, 1.807) is 0 Å². The molecule has 1 fully saturated rings. The summed E-state index contributed by atoms with van der Waals surface area (Å²) < 4.78 is 1.13. The highest BCUT2D eigenvalue weighted by Crippen LogP contribution is 2.29. The van der Waals surface area contributed by atoms with Gasteiger partial charge in [-0.1, -0.05) is 22.0 Å². The fraction of sp³-hybridized carbons (Fsp3) is 0.400. The van der Waals surface area contributed by atoms with Crippen LogP contribution in [0.3, 0.4) is 0 Å². The maximum Gasteiger partial charge on any atom is 0.103 e. The largest absolute Gasteiger partial charge is 0.309 e. The first-order valence-corrected chi connectivity index (χ1v) is 9.37. The first-order chi connectivity index (χ1) is 9.70. The van der Waals surface area contributed by atoms with Gasteiger partial charge in [-0.25, -0.2) is 4.98 Å². The monoisotopic (exact) mass is 368 g/mol. The summed E-state index contributed by atoms with van der Waals surface area (Å²) in [6, 6.07) is 9.19. The van der Waals surface area contributed by atoms with Crippen LogP contribution in [0.15, 0.2) is 33.6 Å². The molecule has 1 aliphatic rings. The Morgan fingerprint density at radius 2 is 2.30 bits per heavy atom. The molecule has 1 saturated carbocycles. The first kappa shape index (κ1) is 14.6. The third-order valence-electron chi connectivity index (χ3n) is 3.22. The summed E-state index contributed by atoms with van der Waals surface area (Å²) >= 11 is 7.20. The van der Waals surface area contributed by atoms with Crippen molar-refractivity contribution >= 4 is 39.0 Å². The van der Waals surface area contributed by atoms with E-state index in [1.165, 1.54) is 33.3 Å². The predicted octanol–water partition coefficient (Wildman–Crippen LogP) is 4.76. The van der Waals surface area contributed by atoms with Crippen molar-refractivity contribution in [1.82, 2.24) is 10.3 Å². The Labute approximate surface area is 136 Å². The van der Waals surface area contributed by atoms with Crippen LogP contribution in [0.2, 0.25) is 0 Å². The van der Waals surface area contributed by atoms with Crippen molar-refractivity contribution < 1.29 is 0 Å². The van der Waals surface area contributed by atoms with Gasteiger partial charge in [0.05, 0.1) is 11.4 Å². The number of nitrogens with one attached hydrogen (secondary N) is 1. The SMILES string of the molecule is Cc1nc(CSc2cccc(Br)c2)sc1CNC1CC1. The molecule has 20 heavy (non-hydrogen) atoms. The third kappa shape index (κ3) is 4.07. The number of thiazole rings is 1. The normalized spacial score (nSPS) is 14.7. The number of aryl methyl sites for hydroxylation is 1. The molecule has 1 aromatic heterocycles. The van der Waals surface area contributed by atoms with Gasteiger partial charge in [-0.2, -0.15) is 0 Å². The highest BCUT2D eigenvalue weighted by molar-refractivity contribution is 9.10. The van der Waals surface area contributed by atoms with Crippen LogP contribution in [0.5, 0.6) is 0 Å². The smallest absolute Gasteiger partial charge is 0.103 e. The van der Waals surface area contributed by atoms with E-state index in [4.69, 9.17) is 4.98 Å². The van der Waals surface area contributed by atoms with Crippen molar-refractivity contribution in [3.63, 3.8) is 0 Å². The maximum absolute atomic E-state index is 4.69. The number of benzene rings is 1. The lowest BCUT2D eigenvalue weighted by molar-refractivity contribution is 0.691. The van der Waals surface area contributed by atoms with Crippen LogP contribution in [0, 0.1) is 6.92 Å². The van der Waals surface area contributed by atoms with Crippen LogP contribution in [-0.2, 0) is 12.3 Å². The van der Waals surface area contributed by atoms with Crippen molar-refractivity contribution in [3.05, 3.63) is 44.3 Å². The Hall–Kier alpha value is -0.360. The standard InChI is InChI=1S/C15H17BrN2S2/c1-10-14(8-17-12-5-6-12)20-15(18-10)9-19-13-4-2-3-11(16)7-13/h2-4,7,12,17H,5-6,8-9H2,1H3. The molecule has 106 valence electrons. The average molecular weight is 369 g/mol. The summed E-state index contributed by atoms with van der Waals surface area (Å²) in [4.78, 5) is 7.37. The van der Waals surface area contributed by atoms with E-state index in [-0.39, 0.29) is 0 Å². The highest BCUT2D eigenvalue weighted by atomic mass is 79.9. The van der Waals surface area contributed by atoms with Crippen molar-refractivity contribution in [2.24, 2.45) is 0 Å². The molecule has 0 radical (unpaired) electrons. The molecule has 5 heteroatoms. The van der Waals surface area contributed by atoms with E-state index in [0.29, 0.717) is 0 Å². The summed E-state index contributed by atoms with van der Waals surface area (Å²) in [5.74, 6) is 0.950. The molecule has 2 nitrogen and oxygen atoms in total. The predicted molar refractivity (Wildman–Crippen MR) is 90.4 cm³/mol. The second-order valence-electron chi connectivity index (χ2n) is 5.02. The average Bonchev–Trinajstić information content (AvgIpc) is 3.18. The third-order valence-corrected chi connectivity index (χ3v) is 6.06. The lowest BCUT2D eigenvalue weighted by Gasteiger charge is -2.00. The number of rotatable bonds is 6. The minimum Gasteiger partial charge on any atom is -0.309 e. The summed E-state index contributed by atoms with van der Waals surface area (Å²) in [6.07, 6.45) is 2.67. The van der Waals surface area contributed by atoms with E-state index < -0.39 is 0 Å². The summed E-state index contributed by atoms with van der Waals surface area (Å²) in [7, 11) is 0. The molecule has 1 heterocycles. The van der Waals surface area contributed by atoms with Gasteiger partial charge in [-0.05, 0) is 38.0 Å². The molecule has 0 aliphatic heterocycles. The molecule has 0 amide bonds. The molecule has 1 N–H and O–H groups in total. The second kappa shape index (κ2) is 6.60. The van der Waals surface area contributed by atoms with Gasteiger partial charge in [-0.15, -0.1) is 23.1 Å². The van der Waals surface area contributed by atoms with E-state index in [1.807, 2.05) is 23.1 Å². The molecular formula is C15H17BrN2S2. The quantitative estimate of drug-likeness (QED) is 0.744. The van der Waals surface area contributed by atoms with Gasteiger partial charge < -0.3 is 5.32 Å². The van der Waals surface area contributed by atoms with E-state index in [9.17, 15) is 0 Å². The second-order valence-corrected chi connectivity index (χ2v) is 8.15. The van der Waals surface area contributed by atoms with Gasteiger partial charge in [0.1, 0.15) is 5.01 Å². The Balaban J connectivity index is 1.58.